The van der Waals surface area contributed by atoms with Gasteiger partial charge < -0.3 is 15.4 Å². The van der Waals surface area contributed by atoms with Crippen LogP contribution in [-0.2, 0) is 0 Å². The topological polar surface area (TPSA) is 76.1 Å². The summed E-state index contributed by atoms with van der Waals surface area (Å²) in [5.41, 5.74) is 0.911. The van der Waals surface area contributed by atoms with Crippen LogP contribution in [0.4, 0.5) is 26.1 Å². The lowest BCUT2D eigenvalue weighted by Gasteiger charge is -2.11. The van der Waals surface area contributed by atoms with Gasteiger partial charge in [0.1, 0.15) is 11.4 Å². The fourth-order valence-electron chi connectivity index (χ4n) is 2.33. The summed E-state index contributed by atoms with van der Waals surface area (Å²) in [6, 6.07) is 11.7. The Bertz CT molecular complexity index is 978. The largest absolute Gasteiger partial charge is 0.491 e. The van der Waals surface area contributed by atoms with Crippen LogP contribution < -0.4 is 15.4 Å². The third-order valence-electron chi connectivity index (χ3n) is 3.55. The molecular weight excluding hydrogens is 366 g/mol. The Hall–Kier alpha value is -3.55. The van der Waals surface area contributed by atoms with Gasteiger partial charge in [0, 0.05) is 23.6 Å². The summed E-state index contributed by atoms with van der Waals surface area (Å²) in [6.45, 7) is 3.88. The molecule has 0 saturated heterocycles. The van der Waals surface area contributed by atoms with E-state index in [4.69, 9.17) is 4.74 Å². The number of rotatable bonds is 6. The van der Waals surface area contributed by atoms with Crippen LogP contribution >= 0.6 is 0 Å². The van der Waals surface area contributed by atoms with Gasteiger partial charge in [0.25, 0.3) is 5.91 Å². The van der Waals surface area contributed by atoms with Crippen molar-refractivity contribution < 1.29 is 18.3 Å². The molecule has 144 valence electrons. The van der Waals surface area contributed by atoms with Crippen molar-refractivity contribution in [2.45, 2.75) is 20.0 Å². The minimum absolute atomic E-state index is 0.0713. The number of ether oxygens (including phenoxy) is 1. The van der Waals surface area contributed by atoms with Gasteiger partial charge in [0.05, 0.1) is 6.10 Å². The van der Waals surface area contributed by atoms with Gasteiger partial charge in [-0.1, -0.05) is 0 Å². The summed E-state index contributed by atoms with van der Waals surface area (Å²) in [4.78, 5) is 20.5. The highest BCUT2D eigenvalue weighted by Crippen LogP contribution is 2.19. The number of nitrogens with one attached hydrogen (secondary N) is 2. The Morgan fingerprint density at radius 2 is 1.71 bits per heavy atom. The zero-order chi connectivity index (χ0) is 20.1. The lowest BCUT2D eigenvalue weighted by atomic mass is 10.3. The number of aromatic nitrogens is 2. The van der Waals surface area contributed by atoms with E-state index in [1.54, 1.807) is 12.1 Å². The number of halogens is 2. The zero-order valence-corrected chi connectivity index (χ0v) is 15.2. The lowest BCUT2D eigenvalue weighted by Crippen LogP contribution is -2.15. The van der Waals surface area contributed by atoms with Crippen molar-refractivity contribution in [3.05, 3.63) is 72.1 Å². The molecule has 0 bridgehead atoms. The monoisotopic (exact) mass is 384 g/mol. The average Bonchev–Trinajstić information content (AvgIpc) is 2.66. The van der Waals surface area contributed by atoms with Crippen molar-refractivity contribution in [3.63, 3.8) is 0 Å². The first kappa shape index (κ1) is 19.2. The highest BCUT2D eigenvalue weighted by molar-refractivity contribution is 6.03. The van der Waals surface area contributed by atoms with Crippen molar-refractivity contribution >= 4 is 23.2 Å². The Morgan fingerprint density at radius 3 is 2.39 bits per heavy atom. The highest BCUT2D eigenvalue weighted by atomic mass is 19.2. The number of carbonyl (C=O) groups is 1. The molecule has 0 aliphatic rings. The molecule has 2 N–H and O–H groups in total. The van der Waals surface area contributed by atoms with E-state index in [1.807, 2.05) is 26.0 Å². The smallest absolute Gasteiger partial charge is 0.274 e. The molecule has 0 spiro atoms. The molecule has 0 aliphatic heterocycles. The SMILES string of the molecule is CC(C)Oc1ccc(Nc2nccc(C(=O)Nc3ccc(F)c(F)c3)n2)cc1. The maximum Gasteiger partial charge on any atom is 0.274 e. The van der Waals surface area contributed by atoms with Gasteiger partial charge in [-0.25, -0.2) is 18.7 Å². The van der Waals surface area contributed by atoms with E-state index in [1.165, 1.54) is 18.3 Å². The van der Waals surface area contributed by atoms with Gasteiger partial charge in [-0.3, -0.25) is 4.79 Å². The van der Waals surface area contributed by atoms with Gasteiger partial charge in [0.2, 0.25) is 5.95 Å². The number of carbonyl (C=O) groups excluding carboxylic acids is 1. The van der Waals surface area contributed by atoms with E-state index in [9.17, 15) is 13.6 Å². The first-order valence-electron chi connectivity index (χ1n) is 8.54. The normalized spacial score (nSPS) is 10.6. The molecule has 0 radical (unpaired) electrons. The summed E-state index contributed by atoms with van der Waals surface area (Å²) >= 11 is 0. The summed E-state index contributed by atoms with van der Waals surface area (Å²) < 4.78 is 31.8. The van der Waals surface area contributed by atoms with E-state index in [2.05, 4.69) is 20.6 Å². The van der Waals surface area contributed by atoms with Crippen molar-refractivity contribution in [2.24, 2.45) is 0 Å². The van der Waals surface area contributed by atoms with Crippen LogP contribution in [0.3, 0.4) is 0 Å². The van der Waals surface area contributed by atoms with Crippen molar-refractivity contribution in [3.8, 4) is 5.75 Å². The van der Waals surface area contributed by atoms with Crippen LogP contribution in [0.1, 0.15) is 24.3 Å². The van der Waals surface area contributed by atoms with Gasteiger partial charge in [-0.05, 0) is 56.3 Å². The maximum atomic E-state index is 13.3. The molecule has 28 heavy (non-hydrogen) atoms. The van der Waals surface area contributed by atoms with Gasteiger partial charge in [-0.2, -0.15) is 0 Å². The number of benzene rings is 2. The van der Waals surface area contributed by atoms with Gasteiger partial charge >= 0.3 is 0 Å². The zero-order valence-electron chi connectivity index (χ0n) is 15.2. The predicted octanol–water partition coefficient (Wildman–Crippen LogP) is 4.54. The number of nitrogens with zero attached hydrogens (tertiary/aromatic N) is 2. The Balaban J connectivity index is 1.69. The fourth-order valence-corrected chi connectivity index (χ4v) is 2.33. The lowest BCUT2D eigenvalue weighted by molar-refractivity contribution is 0.102. The number of anilines is 3. The first-order valence-corrected chi connectivity index (χ1v) is 8.54. The minimum Gasteiger partial charge on any atom is -0.491 e. The quantitative estimate of drug-likeness (QED) is 0.653. The molecule has 0 unspecified atom stereocenters. The number of amides is 1. The van der Waals surface area contributed by atoms with E-state index in [0.29, 0.717) is 5.69 Å². The molecule has 0 fully saturated rings. The molecule has 2 aromatic carbocycles. The molecule has 3 aromatic rings. The maximum absolute atomic E-state index is 13.3. The van der Waals surface area contributed by atoms with Gasteiger partial charge in [-0.15, -0.1) is 0 Å². The Kier molecular flexibility index (Phi) is 5.78. The van der Waals surface area contributed by atoms with Crippen molar-refractivity contribution in [1.82, 2.24) is 9.97 Å². The summed E-state index contributed by atoms with van der Waals surface area (Å²) in [5, 5.41) is 5.46. The van der Waals surface area contributed by atoms with E-state index < -0.39 is 17.5 Å². The molecular formula is C20H18F2N4O2. The second-order valence-corrected chi connectivity index (χ2v) is 6.16. The predicted molar refractivity (Wildman–Crippen MR) is 102 cm³/mol. The molecule has 1 aromatic heterocycles. The summed E-state index contributed by atoms with van der Waals surface area (Å²) in [5.74, 6) is -1.65. The van der Waals surface area contributed by atoms with Crippen LogP contribution in [-0.4, -0.2) is 22.0 Å². The van der Waals surface area contributed by atoms with Gasteiger partial charge in [0.15, 0.2) is 11.6 Å². The standard InChI is InChI=1S/C20H18F2N4O2/c1-12(2)28-15-6-3-13(4-7-15)25-20-23-10-9-18(26-20)19(27)24-14-5-8-16(21)17(22)11-14/h3-12H,1-2H3,(H,24,27)(H,23,25,26). The Morgan fingerprint density at radius 1 is 1.00 bits per heavy atom. The fraction of sp³-hybridized carbons (Fsp3) is 0.150. The van der Waals surface area contributed by atoms with E-state index in [-0.39, 0.29) is 23.4 Å². The number of hydrogen-bond acceptors (Lipinski definition) is 5. The molecule has 1 amide bonds. The van der Waals surface area contributed by atoms with E-state index in [0.717, 1.165) is 17.9 Å². The summed E-state index contributed by atoms with van der Waals surface area (Å²) in [7, 11) is 0. The second-order valence-electron chi connectivity index (χ2n) is 6.16. The molecule has 8 heteroatoms. The van der Waals surface area contributed by atoms with E-state index >= 15 is 0 Å². The van der Waals surface area contributed by atoms with Crippen LogP contribution in [0.5, 0.6) is 5.75 Å². The Labute approximate surface area is 160 Å². The van der Waals surface area contributed by atoms with Crippen LogP contribution in [0, 0.1) is 11.6 Å². The third kappa shape index (κ3) is 5.00. The molecule has 0 atom stereocenters. The second kappa shape index (κ2) is 8.43. The molecule has 0 saturated carbocycles. The molecule has 0 aliphatic carbocycles. The molecule has 3 rings (SSSR count). The highest BCUT2D eigenvalue weighted by Gasteiger charge is 2.11. The molecule has 6 nitrogen and oxygen atoms in total. The summed E-state index contributed by atoms with van der Waals surface area (Å²) in [6.07, 6.45) is 1.50. The van der Waals surface area contributed by atoms with Crippen LogP contribution in [0.15, 0.2) is 54.7 Å². The molecule has 1 heterocycles. The van der Waals surface area contributed by atoms with Crippen LogP contribution in [0.2, 0.25) is 0 Å². The van der Waals surface area contributed by atoms with Crippen LogP contribution in [0.25, 0.3) is 0 Å². The van der Waals surface area contributed by atoms with Crippen molar-refractivity contribution in [1.29, 1.82) is 0 Å². The average molecular weight is 384 g/mol. The van der Waals surface area contributed by atoms with Crippen molar-refractivity contribution in [2.75, 3.05) is 10.6 Å². The third-order valence-corrected chi connectivity index (χ3v) is 3.55. The first-order chi connectivity index (χ1) is 13.4. The number of hydrogen-bond donors (Lipinski definition) is 2. The minimum atomic E-state index is -1.05.